The fraction of sp³-hybridized carbons (Fsp3) is 0.727. The molecule has 1 amide bonds. The van der Waals surface area contributed by atoms with Gasteiger partial charge >= 0.3 is 0 Å². The van der Waals surface area contributed by atoms with E-state index in [1.165, 1.54) is 37.0 Å². The van der Waals surface area contributed by atoms with Crippen LogP contribution in [-0.4, -0.2) is 16.1 Å². The minimum absolute atomic E-state index is 0.0886. The third kappa shape index (κ3) is 3.01. The first-order valence-corrected chi connectivity index (χ1v) is 6.72. The van der Waals surface area contributed by atoms with Crippen molar-refractivity contribution in [3.05, 3.63) is 5.01 Å². The summed E-state index contributed by atoms with van der Waals surface area (Å²) in [7, 11) is 0. The van der Waals surface area contributed by atoms with Gasteiger partial charge in [0, 0.05) is 6.42 Å². The number of nitrogens with one attached hydrogen (secondary N) is 1. The SMILES string of the molecule is CCc1nnc(NC(=O)CC2CCCC2)s1. The lowest BCUT2D eigenvalue weighted by Gasteiger charge is -2.06. The predicted octanol–water partition coefficient (Wildman–Crippen LogP) is 2.62. The molecule has 0 saturated heterocycles. The predicted molar refractivity (Wildman–Crippen MR) is 64.5 cm³/mol. The number of aromatic nitrogens is 2. The van der Waals surface area contributed by atoms with Crippen molar-refractivity contribution in [3.63, 3.8) is 0 Å². The number of nitrogens with zero attached hydrogens (tertiary/aromatic N) is 2. The molecule has 0 radical (unpaired) electrons. The summed E-state index contributed by atoms with van der Waals surface area (Å²) >= 11 is 1.46. The average Bonchev–Trinajstić information content (AvgIpc) is 2.89. The fourth-order valence-corrected chi connectivity index (χ4v) is 2.79. The Morgan fingerprint density at radius 1 is 1.44 bits per heavy atom. The van der Waals surface area contributed by atoms with Gasteiger partial charge in [0.25, 0.3) is 0 Å². The van der Waals surface area contributed by atoms with E-state index in [-0.39, 0.29) is 5.91 Å². The summed E-state index contributed by atoms with van der Waals surface area (Å²) in [5.41, 5.74) is 0. The number of rotatable bonds is 4. The summed E-state index contributed by atoms with van der Waals surface area (Å²) < 4.78 is 0. The van der Waals surface area contributed by atoms with Crippen LogP contribution < -0.4 is 5.32 Å². The molecule has 1 fully saturated rings. The number of amides is 1. The van der Waals surface area contributed by atoms with E-state index in [1.807, 2.05) is 6.92 Å². The summed E-state index contributed by atoms with van der Waals surface area (Å²) in [5.74, 6) is 0.671. The maximum Gasteiger partial charge on any atom is 0.226 e. The van der Waals surface area contributed by atoms with Crippen molar-refractivity contribution < 1.29 is 4.79 Å². The zero-order chi connectivity index (χ0) is 11.4. The van der Waals surface area contributed by atoms with Crippen LogP contribution in [0.5, 0.6) is 0 Å². The van der Waals surface area contributed by atoms with E-state index in [4.69, 9.17) is 0 Å². The van der Waals surface area contributed by atoms with Crippen LogP contribution in [0.1, 0.15) is 44.0 Å². The molecule has 16 heavy (non-hydrogen) atoms. The van der Waals surface area contributed by atoms with Gasteiger partial charge in [-0.2, -0.15) is 0 Å². The van der Waals surface area contributed by atoms with E-state index < -0.39 is 0 Å². The zero-order valence-corrected chi connectivity index (χ0v) is 10.3. The van der Waals surface area contributed by atoms with Gasteiger partial charge in [0.05, 0.1) is 0 Å². The van der Waals surface area contributed by atoms with E-state index in [0.717, 1.165) is 11.4 Å². The van der Waals surface area contributed by atoms with Gasteiger partial charge in [0.15, 0.2) is 0 Å². The van der Waals surface area contributed by atoms with Crippen LogP contribution in [0.4, 0.5) is 5.13 Å². The molecule has 0 bridgehead atoms. The molecule has 1 aliphatic rings. The number of hydrogen-bond donors (Lipinski definition) is 1. The number of carbonyl (C=O) groups is 1. The van der Waals surface area contributed by atoms with Crippen molar-refractivity contribution >= 4 is 22.4 Å². The monoisotopic (exact) mass is 239 g/mol. The van der Waals surface area contributed by atoms with Gasteiger partial charge in [-0.1, -0.05) is 31.1 Å². The van der Waals surface area contributed by atoms with Gasteiger partial charge in [-0.25, -0.2) is 0 Å². The second kappa shape index (κ2) is 5.39. The minimum atomic E-state index is 0.0886. The molecule has 2 rings (SSSR count). The molecule has 5 heteroatoms. The van der Waals surface area contributed by atoms with Gasteiger partial charge in [-0.3, -0.25) is 4.79 Å². The highest BCUT2D eigenvalue weighted by molar-refractivity contribution is 7.15. The minimum Gasteiger partial charge on any atom is -0.301 e. The number of aryl methyl sites for hydroxylation is 1. The standard InChI is InChI=1S/C11H17N3OS/c1-2-10-13-14-11(16-10)12-9(15)7-8-5-3-4-6-8/h8H,2-7H2,1H3,(H,12,14,15). The number of hydrogen-bond acceptors (Lipinski definition) is 4. The van der Waals surface area contributed by atoms with Crippen LogP contribution in [0, 0.1) is 5.92 Å². The highest BCUT2D eigenvalue weighted by Crippen LogP contribution is 2.28. The lowest BCUT2D eigenvalue weighted by molar-refractivity contribution is -0.117. The Balaban J connectivity index is 1.81. The largest absolute Gasteiger partial charge is 0.301 e. The summed E-state index contributed by atoms with van der Waals surface area (Å²) in [6.45, 7) is 2.03. The van der Waals surface area contributed by atoms with E-state index in [9.17, 15) is 4.79 Å². The van der Waals surface area contributed by atoms with Crippen molar-refractivity contribution in [2.75, 3.05) is 5.32 Å². The van der Waals surface area contributed by atoms with Crippen LogP contribution in [0.3, 0.4) is 0 Å². The molecule has 0 unspecified atom stereocenters. The van der Waals surface area contributed by atoms with Gasteiger partial charge < -0.3 is 5.32 Å². The first kappa shape index (κ1) is 11.5. The van der Waals surface area contributed by atoms with Crippen LogP contribution >= 0.6 is 11.3 Å². The average molecular weight is 239 g/mol. The summed E-state index contributed by atoms with van der Waals surface area (Å²) in [4.78, 5) is 11.7. The van der Waals surface area contributed by atoms with Crippen molar-refractivity contribution in [2.24, 2.45) is 5.92 Å². The van der Waals surface area contributed by atoms with Crippen LogP contribution in [0.2, 0.25) is 0 Å². The van der Waals surface area contributed by atoms with E-state index >= 15 is 0 Å². The van der Waals surface area contributed by atoms with Crippen LogP contribution in [0.25, 0.3) is 0 Å². The van der Waals surface area contributed by atoms with Crippen molar-refractivity contribution in [1.29, 1.82) is 0 Å². The Kier molecular flexibility index (Phi) is 3.88. The van der Waals surface area contributed by atoms with E-state index in [2.05, 4.69) is 15.5 Å². The molecular weight excluding hydrogens is 222 g/mol. The molecule has 4 nitrogen and oxygen atoms in total. The Labute approximate surface area is 99.5 Å². The molecule has 1 aliphatic carbocycles. The Morgan fingerprint density at radius 3 is 2.81 bits per heavy atom. The molecule has 0 aliphatic heterocycles. The first-order chi connectivity index (χ1) is 7.78. The fourth-order valence-electron chi connectivity index (χ4n) is 2.09. The van der Waals surface area contributed by atoms with Crippen LogP contribution in [0.15, 0.2) is 0 Å². The maximum atomic E-state index is 11.7. The third-order valence-corrected chi connectivity index (χ3v) is 3.95. The summed E-state index contributed by atoms with van der Waals surface area (Å²) in [5, 5.41) is 12.3. The second-order valence-corrected chi connectivity index (χ2v) is 5.32. The molecule has 1 N–H and O–H groups in total. The molecule has 1 aromatic rings. The highest BCUT2D eigenvalue weighted by atomic mass is 32.1. The maximum absolute atomic E-state index is 11.7. The summed E-state index contributed by atoms with van der Waals surface area (Å²) in [6, 6.07) is 0. The lowest BCUT2D eigenvalue weighted by Crippen LogP contribution is -2.14. The highest BCUT2D eigenvalue weighted by Gasteiger charge is 2.19. The molecule has 0 atom stereocenters. The van der Waals surface area contributed by atoms with Crippen LogP contribution in [-0.2, 0) is 11.2 Å². The normalized spacial score (nSPS) is 16.6. The third-order valence-electron chi connectivity index (χ3n) is 2.96. The molecule has 1 heterocycles. The van der Waals surface area contributed by atoms with Crippen molar-refractivity contribution in [3.8, 4) is 0 Å². The molecule has 88 valence electrons. The molecule has 0 spiro atoms. The molecule has 0 aromatic carbocycles. The van der Waals surface area contributed by atoms with E-state index in [1.54, 1.807) is 0 Å². The lowest BCUT2D eigenvalue weighted by atomic mass is 10.0. The molecular formula is C11H17N3OS. The second-order valence-electron chi connectivity index (χ2n) is 4.26. The van der Waals surface area contributed by atoms with Gasteiger partial charge in [0.1, 0.15) is 5.01 Å². The van der Waals surface area contributed by atoms with Gasteiger partial charge in [-0.05, 0) is 25.2 Å². The van der Waals surface area contributed by atoms with Gasteiger partial charge in [-0.15, -0.1) is 10.2 Å². The van der Waals surface area contributed by atoms with Crippen molar-refractivity contribution in [1.82, 2.24) is 10.2 Å². The van der Waals surface area contributed by atoms with E-state index in [0.29, 0.717) is 17.5 Å². The Bertz CT molecular complexity index is 358. The smallest absolute Gasteiger partial charge is 0.226 e. The van der Waals surface area contributed by atoms with Gasteiger partial charge in [0.2, 0.25) is 11.0 Å². The Morgan fingerprint density at radius 2 is 2.19 bits per heavy atom. The first-order valence-electron chi connectivity index (χ1n) is 5.90. The zero-order valence-electron chi connectivity index (χ0n) is 9.53. The quantitative estimate of drug-likeness (QED) is 0.878. The summed E-state index contributed by atoms with van der Waals surface area (Å²) in [6.07, 6.45) is 6.46. The van der Waals surface area contributed by atoms with Crippen molar-refractivity contribution in [2.45, 2.75) is 45.4 Å². The number of carbonyl (C=O) groups excluding carboxylic acids is 1. The Hall–Kier alpha value is -0.970. The number of anilines is 1. The molecule has 1 saturated carbocycles. The molecule has 1 aromatic heterocycles. The topological polar surface area (TPSA) is 54.9 Å².